The standard InChI is InChI=1S/C23H22FN3O3S/c1-13-10-20(27-22(29)17-7-4-8-18(24)11-17)31-21(13)23(30)25-14(2)16-6-5-9-19(12-16)26-15(3)28/h4-12,14H,1-3H3,(H,25,30)(H,26,28)(H,27,29). The summed E-state index contributed by atoms with van der Waals surface area (Å²) in [5, 5.41) is 8.86. The third kappa shape index (κ3) is 5.76. The van der Waals surface area contributed by atoms with Crippen LogP contribution in [0.15, 0.2) is 54.6 Å². The number of hydrogen-bond acceptors (Lipinski definition) is 4. The first-order valence-corrected chi connectivity index (χ1v) is 10.4. The highest BCUT2D eigenvalue weighted by atomic mass is 32.1. The first-order chi connectivity index (χ1) is 14.7. The summed E-state index contributed by atoms with van der Waals surface area (Å²) in [5.74, 6) is -1.38. The fraction of sp³-hybridized carbons (Fsp3) is 0.174. The van der Waals surface area contributed by atoms with E-state index in [9.17, 15) is 18.8 Å². The van der Waals surface area contributed by atoms with Crippen LogP contribution in [-0.2, 0) is 4.79 Å². The lowest BCUT2D eigenvalue weighted by Gasteiger charge is -2.15. The average molecular weight is 440 g/mol. The van der Waals surface area contributed by atoms with Crippen LogP contribution in [0.4, 0.5) is 15.1 Å². The second-order valence-electron chi connectivity index (χ2n) is 7.09. The number of aryl methyl sites for hydroxylation is 1. The molecule has 3 aromatic rings. The van der Waals surface area contributed by atoms with E-state index in [0.29, 0.717) is 15.6 Å². The van der Waals surface area contributed by atoms with Gasteiger partial charge in [-0.3, -0.25) is 14.4 Å². The molecule has 0 radical (unpaired) electrons. The van der Waals surface area contributed by atoms with E-state index < -0.39 is 11.7 Å². The highest BCUT2D eigenvalue weighted by Crippen LogP contribution is 2.28. The number of amides is 3. The molecular weight excluding hydrogens is 417 g/mol. The van der Waals surface area contributed by atoms with Crippen LogP contribution < -0.4 is 16.0 Å². The van der Waals surface area contributed by atoms with E-state index in [0.717, 1.165) is 28.5 Å². The number of halogens is 1. The van der Waals surface area contributed by atoms with Crippen molar-refractivity contribution in [2.75, 3.05) is 10.6 Å². The first-order valence-electron chi connectivity index (χ1n) is 9.58. The van der Waals surface area contributed by atoms with Gasteiger partial charge in [0, 0.05) is 18.2 Å². The zero-order valence-electron chi connectivity index (χ0n) is 17.3. The number of nitrogens with one attached hydrogen (secondary N) is 3. The molecule has 0 bridgehead atoms. The smallest absolute Gasteiger partial charge is 0.262 e. The number of rotatable bonds is 6. The summed E-state index contributed by atoms with van der Waals surface area (Å²) in [7, 11) is 0. The average Bonchev–Trinajstić information content (AvgIpc) is 3.07. The van der Waals surface area contributed by atoms with E-state index >= 15 is 0 Å². The van der Waals surface area contributed by atoms with Gasteiger partial charge >= 0.3 is 0 Å². The van der Waals surface area contributed by atoms with Gasteiger partial charge in [0.1, 0.15) is 5.82 Å². The topological polar surface area (TPSA) is 87.3 Å². The highest BCUT2D eigenvalue weighted by Gasteiger charge is 2.18. The quantitative estimate of drug-likeness (QED) is 0.511. The van der Waals surface area contributed by atoms with Crippen molar-refractivity contribution in [3.05, 3.63) is 82.0 Å². The Morgan fingerprint density at radius 3 is 2.42 bits per heavy atom. The van der Waals surface area contributed by atoms with Gasteiger partial charge in [0.25, 0.3) is 11.8 Å². The van der Waals surface area contributed by atoms with Crippen molar-refractivity contribution in [2.45, 2.75) is 26.8 Å². The molecule has 0 fully saturated rings. The largest absolute Gasteiger partial charge is 0.345 e. The van der Waals surface area contributed by atoms with Crippen LogP contribution in [0.25, 0.3) is 0 Å². The van der Waals surface area contributed by atoms with Crippen molar-refractivity contribution in [3.63, 3.8) is 0 Å². The zero-order valence-corrected chi connectivity index (χ0v) is 18.1. The van der Waals surface area contributed by atoms with Crippen LogP contribution in [0.1, 0.15) is 51.0 Å². The summed E-state index contributed by atoms with van der Waals surface area (Å²) in [4.78, 5) is 36.8. The van der Waals surface area contributed by atoms with Crippen molar-refractivity contribution in [3.8, 4) is 0 Å². The van der Waals surface area contributed by atoms with Gasteiger partial charge in [0.05, 0.1) is 15.9 Å². The number of anilines is 2. The number of thiophene rings is 1. The lowest BCUT2D eigenvalue weighted by molar-refractivity contribution is -0.114. The lowest BCUT2D eigenvalue weighted by Crippen LogP contribution is -2.26. The second kappa shape index (κ2) is 9.53. The van der Waals surface area contributed by atoms with Crippen molar-refractivity contribution < 1.29 is 18.8 Å². The molecule has 3 N–H and O–H groups in total. The Labute approximate surface area is 183 Å². The van der Waals surface area contributed by atoms with E-state index in [4.69, 9.17) is 0 Å². The molecule has 0 aliphatic heterocycles. The van der Waals surface area contributed by atoms with E-state index in [1.807, 2.05) is 13.0 Å². The van der Waals surface area contributed by atoms with Crippen LogP contribution in [0, 0.1) is 12.7 Å². The van der Waals surface area contributed by atoms with Crippen LogP contribution in [0.3, 0.4) is 0 Å². The van der Waals surface area contributed by atoms with Gasteiger partial charge in [-0.2, -0.15) is 0 Å². The maximum Gasteiger partial charge on any atom is 0.262 e. The molecule has 31 heavy (non-hydrogen) atoms. The maximum atomic E-state index is 13.3. The minimum absolute atomic E-state index is 0.170. The monoisotopic (exact) mass is 439 g/mol. The predicted octanol–water partition coefficient (Wildman–Crippen LogP) is 4.90. The molecule has 0 aliphatic rings. The molecule has 1 unspecified atom stereocenters. The molecule has 3 amide bonds. The molecule has 0 aliphatic carbocycles. The van der Waals surface area contributed by atoms with E-state index in [1.54, 1.807) is 31.2 Å². The molecule has 160 valence electrons. The Bertz CT molecular complexity index is 1140. The molecule has 0 saturated heterocycles. The Hall–Kier alpha value is -3.52. The number of hydrogen-bond donors (Lipinski definition) is 3. The molecule has 8 heteroatoms. The molecule has 0 spiro atoms. The summed E-state index contributed by atoms with van der Waals surface area (Å²) in [6.45, 7) is 5.06. The van der Waals surface area contributed by atoms with Crippen molar-refractivity contribution in [1.29, 1.82) is 0 Å². The van der Waals surface area contributed by atoms with Gasteiger partial charge in [-0.05, 0) is 61.4 Å². The number of carbonyl (C=O) groups excluding carboxylic acids is 3. The summed E-state index contributed by atoms with van der Waals surface area (Å²) in [5.41, 5.74) is 2.41. The fourth-order valence-corrected chi connectivity index (χ4v) is 3.99. The van der Waals surface area contributed by atoms with Gasteiger partial charge in [0.15, 0.2) is 0 Å². The number of carbonyl (C=O) groups is 3. The normalized spacial score (nSPS) is 11.5. The minimum atomic E-state index is -0.494. The summed E-state index contributed by atoms with van der Waals surface area (Å²) < 4.78 is 13.3. The SMILES string of the molecule is CC(=O)Nc1cccc(C(C)NC(=O)c2sc(NC(=O)c3cccc(F)c3)cc2C)c1. The van der Waals surface area contributed by atoms with Gasteiger partial charge in [-0.15, -0.1) is 11.3 Å². The van der Waals surface area contributed by atoms with Crippen molar-refractivity contribution in [2.24, 2.45) is 0 Å². The molecule has 3 rings (SSSR count). The molecule has 2 aromatic carbocycles. The maximum absolute atomic E-state index is 13.3. The highest BCUT2D eigenvalue weighted by molar-refractivity contribution is 7.18. The Kier molecular flexibility index (Phi) is 6.81. The second-order valence-corrected chi connectivity index (χ2v) is 8.14. The first kappa shape index (κ1) is 22.2. The fourth-order valence-electron chi connectivity index (χ4n) is 3.02. The predicted molar refractivity (Wildman–Crippen MR) is 120 cm³/mol. The lowest BCUT2D eigenvalue weighted by atomic mass is 10.1. The van der Waals surface area contributed by atoms with Crippen molar-refractivity contribution in [1.82, 2.24) is 5.32 Å². The Balaban J connectivity index is 1.69. The van der Waals surface area contributed by atoms with Crippen LogP contribution in [0.5, 0.6) is 0 Å². The zero-order chi connectivity index (χ0) is 22.5. The van der Waals surface area contributed by atoms with E-state index in [2.05, 4.69) is 16.0 Å². The van der Waals surface area contributed by atoms with Gasteiger partial charge in [0.2, 0.25) is 5.91 Å². The van der Waals surface area contributed by atoms with Crippen LogP contribution in [-0.4, -0.2) is 17.7 Å². The minimum Gasteiger partial charge on any atom is -0.345 e. The van der Waals surface area contributed by atoms with Gasteiger partial charge in [-0.25, -0.2) is 4.39 Å². The molecule has 1 atom stereocenters. The molecule has 0 saturated carbocycles. The van der Waals surface area contributed by atoms with Crippen LogP contribution in [0.2, 0.25) is 0 Å². The third-order valence-electron chi connectivity index (χ3n) is 4.50. The van der Waals surface area contributed by atoms with Gasteiger partial charge < -0.3 is 16.0 Å². The van der Waals surface area contributed by atoms with Crippen molar-refractivity contribution >= 4 is 39.7 Å². The van der Waals surface area contributed by atoms with E-state index in [-0.39, 0.29) is 23.4 Å². The third-order valence-corrected chi connectivity index (χ3v) is 5.65. The van der Waals surface area contributed by atoms with Gasteiger partial charge in [-0.1, -0.05) is 18.2 Å². The molecule has 1 heterocycles. The van der Waals surface area contributed by atoms with E-state index in [1.165, 1.54) is 25.1 Å². The molecular formula is C23H22FN3O3S. The summed E-state index contributed by atoms with van der Waals surface area (Å²) >= 11 is 1.15. The Morgan fingerprint density at radius 2 is 1.71 bits per heavy atom. The number of benzene rings is 2. The molecule has 6 nitrogen and oxygen atoms in total. The van der Waals surface area contributed by atoms with Crippen LogP contribution >= 0.6 is 11.3 Å². The summed E-state index contributed by atoms with van der Waals surface area (Å²) in [6, 6.07) is 14.1. The summed E-state index contributed by atoms with van der Waals surface area (Å²) in [6.07, 6.45) is 0. The molecule has 1 aromatic heterocycles. The Morgan fingerprint density at radius 1 is 0.968 bits per heavy atom.